The molecule has 1 amide bonds. The van der Waals surface area contributed by atoms with Gasteiger partial charge in [0.15, 0.2) is 11.5 Å². The van der Waals surface area contributed by atoms with E-state index >= 15 is 0 Å². The highest BCUT2D eigenvalue weighted by molar-refractivity contribution is 6.30. The first-order chi connectivity index (χ1) is 12.7. The van der Waals surface area contributed by atoms with E-state index in [4.69, 9.17) is 21.1 Å². The van der Waals surface area contributed by atoms with E-state index in [1.807, 2.05) is 24.3 Å². The number of rotatable bonds is 4. The molecule has 0 saturated heterocycles. The Bertz CT molecular complexity index is 943. The molecule has 26 heavy (non-hydrogen) atoms. The van der Waals surface area contributed by atoms with Crippen molar-refractivity contribution in [2.24, 2.45) is 0 Å². The zero-order chi connectivity index (χ0) is 17.9. The largest absolute Gasteiger partial charge is 0.454 e. The van der Waals surface area contributed by atoms with Crippen molar-refractivity contribution in [3.05, 3.63) is 71.4 Å². The van der Waals surface area contributed by atoms with Crippen molar-refractivity contribution in [3.8, 4) is 11.5 Å². The van der Waals surface area contributed by atoms with E-state index in [1.165, 1.54) is 0 Å². The second kappa shape index (κ2) is 6.93. The molecule has 0 saturated carbocycles. The van der Waals surface area contributed by atoms with E-state index in [2.05, 4.69) is 15.6 Å². The van der Waals surface area contributed by atoms with Crippen LogP contribution in [0.2, 0.25) is 5.02 Å². The minimum atomic E-state index is -0.245. The molecule has 7 heteroatoms. The minimum Gasteiger partial charge on any atom is -0.454 e. The third kappa shape index (κ3) is 3.55. The Morgan fingerprint density at radius 1 is 0.962 bits per heavy atom. The van der Waals surface area contributed by atoms with Crippen molar-refractivity contribution in [2.75, 3.05) is 17.4 Å². The lowest BCUT2D eigenvalue weighted by molar-refractivity contribution is 0.102. The average Bonchev–Trinajstić information content (AvgIpc) is 3.12. The molecule has 1 aromatic heterocycles. The van der Waals surface area contributed by atoms with Gasteiger partial charge in [-0.1, -0.05) is 11.6 Å². The number of amides is 1. The van der Waals surface area contributed by atoms with Crippen LogP contribution in [0.5, 0.6) is 11.5 Å². The molecule has 2 aromatic carbocycles. The number of carbonyl (C=O) groups excluding carboxylic acids is 1. The van der Waals surface area contributed by atoms with Crippen LogP contribution in [0.3, 0.4) is 0 Å². The lowest BCUT2D eigenvalue weighted by Gasteiger charge is -2.09. The van der Waals surface area contributed by atoms with Gasteiger partial charge in [0.05, 0.1) is 11.9 Å². The topological polar surface area (TPSA) is 72.5 Å². The van der Waals surface area contributed by atoms with E-state index < -0.39 is 0 Å². The number of ether oxygens (including phenoxy) is 2. The van der Waals surface area contributed by atoms with Crippen molar-refractivity contribution in [1.29, 1.82) is 0 Å². The number of benzene rings is 2. The van der Waals surface area contributed by atoms with Crippen molar-refractivity contribution in [3.63, 3.8) is 0 Å². The molecule has 2 N–H and O–H groups in total. The number of pyridine rings is 1. The van der Waals surface area contributed by atoms with Gasteiger partial charge in [0.1, 0.15) is 5.82 Å². The van der Waals surface area contributed by atoms with Gasteiger partial charge in [-0.3, -0.25) is 4.79 Å². The third-order valence-corrected chi connectivity index (χ3v) is 4.02. The zero-order valence-corrected chi connectivity index (χ0v) is 14.3. The van der Waals surface area contributed by atoms with E-state index in [-0.39, 0.29) is 12.7 Å². The summed E-state index contributed by atoms with van der Waals surface area (Å²) < 4.78 is 10.6. The van der Waals surface area contributed by atoms with Crippen molar-refractivity contribution in [1.82, 2.24) is 4.98 Å². The van der Waals surface area contributed by atoms with Crippen molar-refractivity contribution < 1.29 is 14.3 Å². The zero-order valence-electron chi connectivity index (χ0n) is 13.5. The lowest BCUT2D eigenvalue weighted by atomic mass is 10.2. The van der Waals surface area contributed by atoms with Crippen LogP contribution in [0.25, 0.3) is 0 Å². The molecule has 3 aromatic rings. The Hall–Kier alpha value is -3.25. The van der Waals surface area contributed by atoms with Crippen LogP contribution in [0.15, 0.2) is 60.8 Å². The molecule has 1 aliphatic rings. The molecule has 0 bridgehead atoms. The number of aromatic nitrogens is 1. The lowest BCUT2D eigenvalue weighted by Crippen LogP contribution is -2.12. The normalized spacial score (nSPS) is 11.9. The summed E-state index contributed by atoms with van der Waals surface area (Å²) in [5.74, 6) is 1.65. The van der Waals surface area contributed by atoms with Gasteiger partial charge >= 0.3 is 0 Å². The van der Waals surface area contributed by atoms with Crippen LogP contribution in [0, 0.1) is 0 Å². The highest BCUT2D eigenvalue weighted by atomic mass is 35.5. The summed E-state index contributed by atoms with van der Waals surface area (Å²) in [6, 6.07) is 15.8. The van der Waals surface area contributed by atoms with Crippen LogP contribution in [-0.2, 0) is 0 Å². The fraction of sp³-hybridized carbons (Fsp3) is 0.0526. The molecule has 0 atom stereocenters. The Kier molecular flexibility index (Phi) is 4.33. The van der Waals surface area contributed by atoms with Crippen LogP contribution < -0.4 is 20.1 Å². The monoisotopic (exact) mass is 367 g/mol. The Balaban J connectivity index is 1.42. The van der Waals surface area contributed by atoms with Gasteiger partial charge < -0.3 is 20.1 Å². The summed E-state index contributed by atoms with van der Waals surface area (Å²) in [6.07, 6.45) is 1.64. The smallest absolute Gasteiger partial charge is 0.256 e. The average molecular weight is 368 g/mol. The fourth-order valence-electron chi connectivity index (χ4n) is 2.47. The Labute approximate surface area is 154 Å². The summed E-state index contributed by atoms with van der Waals surface area (Å²) in [5.41, 5.74) is 2.15. The number of hydrogen-bond acceptors (Lipinski definition) is 5. The number of nitrogens with zero attached hydrogens (tertiary/aromatic N) is 1. The summed E-state index contributed by atoms with van der Waals surface area (Å²) in [5, 5.41) is 6.55. The highest BCUT2D eigenvalue weighted by Gasteiger charge is 2.13. The maximum atomic E-state index is 12.2. The highest BCUT2D eigenvalue weighted by Crippen LogP contribution is 2.35. The summed E-state index contributed by atoms with van der Waals surface area (Å²) in [6.45, 7) is 0.238. The molecule has 0 aliphatic carbocycles. The summed E-state index contributed by atoms with van der Waals surface area (Å²) in [4.78, 5) is 16.4. The first-order valence-electron chi connectivity index (χ1n) is 7.87. The molecule has 1 aliphatic heterocycles. The second-order valence-corrected chi connectivity index (χ2v) is 6.02. The number of halogens is 1. The van der Waals surface area contributed by atoms with Gasteiger partial charge in [0, 0.05) is 22.3 Å². The van der Waals surface area contributed by atoms with Gasteiger partial charge in [0.25, 0.3) is 5.91 Å². The van der Waals surface area contributed by atoms with E-state index in [1.54, 1.807) is 36.5 Å². The SMILES string of the molecule is O=C(Nc1ccc(Nc2ccc3c(c2)OCO3)cn1)c1ccc(Cl)cc1. The maximum absolute atomic E-state index is 12.2. The molecule has 6 nitrogen and oxygen atoms in total. The standard InChI is InChI=1S/C19H14ClN3O3/c20-13-3-1-12(2-4-13)19(24)23-18-8-6-15(10-21-18)22-14-5-7-16-17(9-14)26-11-25-16/h1-10,22H,11H2,(H,21,23,24). The van der Waals surface area contributed by atoms with Gasteiger partial charge in [-0.25, -0.2) is 4.98 Å². The van der Waals surface area contributed by atoms with E-state index in [0.29, 0.717) is 22.2 Å². The predicted molar refractivity (Wildman–Crippen MR) is 99.5 cm³/mol. The third-order valence-electron chi connectivity index (χ3n) is 3.77. The number of anilines is 3. The number of fused-ring (bicyclic) bond motifs is 1. The molecule has 130 valence electrons. The van der Waals surface area contributed by atoms with Crippen LogP contribution in [0.1, 0.15) is 10.4 Å². The van der Waals surface area contributed by atoms with E-state index in [0.717, 1.165) is 17.1 Å². The number of nitrogens with one attached hydrogen (secondary N) is 2. The molecule has 0 radical (unpaired) electrons. The fourth-order valence-corrected chi connectivity index (χ4v) is 2.60. The first-order valence-corrected chi connectivity index (χ1v) is 8.25. The van der Waals surface area contributed by atoms with Gasteiger partial charge in [-0.15, -0.1) is 0 Å². The molecule has 0 unspecified atom stereocenters. The number of hydrogen-bond donors (Lipinski definition) is 2. The molecule has 4 rings (SSSR count). The van der Waals surface area contributed by atoms with Crippen molar-refractivity contribution >= 4 is 34.7 Å². The molecular formula is C19H14ClN3O3. The van der Waals surface area contributed by atoms with E-state index in [9.17, 15) is 4.79 Å². The Morgan fingerprint density at radius 3 is 2.50 bits per heavy atom. The maximum Gasteiger partial charge on any atom is 0.256 e. The van der Waals surface area contributed by atoms with Gasteiger partial charge in [-0.2, -0.15) is 0 Å². The van der Waals surface area contributed by atoms with Crippen LogP contribution in [-0.4, -0.2) is 17.7 Å². The van der Waals surface area contributed by atoms with Crippen LogP contribution in [0.4, 0.5) is 17.2 Å². The molecular weight excluding hydrogens is 354 g/mol. The Morgan fingerprint density at radius 2 is 1.73 bits per heavy atom. The minimum absolute atomic E-state index is 0.238. The molecule has 2 heterocycles. The van der Waals surface area contributed by atoms with Gasteiger partial charge in [-0.05, 0) is 48.5 Å². The van der Waals surface area contributed by atoms with Gasteiger partial charge in [0.2, 0.25) is 6.79 Å². The second-order valence-electron chi connectivity index (χ2n) is 5.59. The molecule has 0 fully saturated rings. The molecule has 0 spiro atoms. The summed E-state index contributed by atoms with van der Waals surface area (Å²) in [7, 11) is 0. The van der Waals surface area contributed by atoms with Crippen LogP contribution >= 0.6 is 11.6 Å². The number of carbonyl (C=O) groups is 1. The first kappa shape index (κ1) is 16.2. The predicted octanol–water partition coefficient (Wildman–Crippen LogP) is 4.46. The quantitative estimate of drug-likeness (QED) is 0.712. The summed E-state index contributed by atoms with van der Waals surface area (Å²) >= 11 is 5.83. The van der Waals surface area contributed by atoms with Crippen molar-refractivity contribution in [2.45, 2.75) is 0 Å².